The molecule has 14 heavy (non-hydrogen) atoms. The Balaban J connectivity index is 3.35. The highest BCUT2D eigenvalue weighted by Gasteiger charge is 2.19. The number of ether oxygens (including phenoxy) is 1. The Morgan fingerprint density at radius 2 is 2.21 bits per heavy atom. The molecule has 1 unspecified atom stereocenters. The zero-order valence-electron chi connectivity index (χ0n) is 7.19. The van der Waals surface area contributed by atoms with Gasteiger partial charge >= 0.3 is 5.97 Å². The lowest BCUT2D eigenvalue weighted by Crippen LogP contribution is -2.08. The monoisotopic (exact) mass is 218 g/mol. The predicted octanol–water partition coefficient (Wildman–Crippen LogP) is 1.19. The van der Waals surface area contributed by atoms with Crippen molar-refractivity contribution < 1.29 is 22.7 Å². The first kappa shape index (κ1) is 10.8. The standard InChI is InChI=1S/C8H7FO4S/c1-13-8(10)5-3-2-4-6(9)7(5)14(11)12/h2-4H,1H3,(H,11,12). The van der Waals surface area contributed by atoms with Crippen LogP contribution in [0.5, 0.6) is 0 Å². The molecule has 0 aliphatic heterocycles. The molecule has 0 aliphatic rings. The van der Waals surface area contributed by atoms with Crippen LogP contribution >= 0.6 is 0 Å². The third-order valence-corrected chi connectivity index (χ3v) is 2.31. The molecule has 1 aromatic carbocycles. The molecule has 0 bridgehead atoms. The molecule has 0 saturated heterocycles. The molecule has 0 amide bonds. The van der Waals surface area contributed by atoms with Gasteiger partial charge < -0.3 is 9.29 Å². The van der Waals surface area contributed by atoms with Gasteiger partial charge in [-0.1, -0.05) is 6.07 Å². The first-order chi connectivity index (χ1) is 6.57. The Hall–Kier alpha value is -1.27. The normalized spacial score (nSPS) is 12.2. The van der Waals surface area contributed by atoms with Crippen LogP contribution in [0.15, 0.2) is 23.1 Å². The van der Waals surface area contributed by atoms with Crippen molar-refractivity contribution >= 4 is 17.0 Å². The molecule has 76 valence electrons. The summed E-state index contributed by atoms with van der Waals surface area (Å²) < 4.78 is 36.8. The summed E-state index contributed by atoms with van der Waals surface area (Å²) in [4.78, 5) is 10.5. The zero-order chi connectivity index (χ0) is 10.7. The Kier molecular flexibility index (Phi) is 3.32. The summed E-state index contributed by atoms with van der Waals surface area (Å²) in [6, 6.07) is 3.48. The molecule has 0 heterocycles. The van der Waals surface area contributed by atoms with Crippen LogP contribution in [0.1, 0.15) is 10.4 Å². The third kappa shape index (κ3) is 1.97. The lowest BCUT2D eigenvalue weighted by molar-refractivity contribution is 0.0595. The first-order valence-corrected chi connectivity index (χ1v) is 4.66. The number of methoxy groups -OCH3 is 1. The van der Waals surface area contributed by atoms with Gasteiger partial charge in [0.1, 0.15) is 10.7 Å². The highest BCUT2D eigenvalue weighted by molar-refractivity contribution is 7.79. The fraction of sp³-hybridized carbons (Fsp3) is 0.125. The number of esters is 1. The van der Waals surface area contributed by atoms with Gasteiger partial charge in [0.2, 0.25) is 0 Å². The van der Waals surface area contributed by atoms with Gasteiger partial charge in [0.05, 0.1) is 12.7 Å². The molecule has 0 radical (unpaired) electrons. The minimum atomic E-state index is -2.55. The van der Waals surface area contributed by atoms with Crippen molar-refractivity contribution in [2.75, 3.05) is 7.11 Å². The Morgan fingerprint density at radius 1 is 1.57 bits per heavy atom. The second-order valence-corrected chi connectivity index (χ2v) is 3.26. The molecule has 0 fully saturated rings. The van der Waals surface area contributed by atoms with Crippen LogP contribution in [0.3, 0.4) is 0 Å². The summed E-state index contributed by atoms with van der Waals surface area (Å²) in [6.45, 7) is 0. The highest BCUT2D eigenvalue weighted by Crippen LogP contribution is 2.17. The van der Waals surface area contributed by atoms with Crippen LogP contribution < -0.4 is 0 Å². The average molecular weight is 218 g/mol. The van der Waals surface area contributed by atoms with Crippen molar-refractivity contribution in [3.8, 4) is 0 Å². The SMILES string of the molecule is COC(=O)c1cccc(F)c1S(=O)O. The molecule has 0 aliphatic carbocycles. The van der Waals surface area contributed by atoms with Gasteiger partial charge in [0, 0.05) is 0 Å². The zero-order valence-corrected chi connectivity index (χ0v) is 8.01. The van der Waals surface area contributed by atoms with E-state index >= 15 is 0 Å². The number of carbonyl (C=O) groups excluding carboxylic acids is 1. The Labute approximate surface area is 82.0 Å². The van der Waals surface area contributed by atoms with E-state index in [1.54, 1.807) is 0 Å². The maximum atomic E-state index is 13.0. The van der Waals surface area contributed by atoms with Crippen LogP contribution in [-0.2, 0) is 15.8 Å². The van der Waals surface area contributed by atoms with Gasteiger partial charge in [-0.2, -0.15) is 0 Å². The van der Waals surface area contributed by atoms with Crippen molar-refractivity contribution in [3.05, 3.63) is 29.6 Å². The molecule has 6 heteroatoms. The summed E-state index contributed by atoms with van der Waals surface area (Å²) >= 11 is -2.55. The maximum absolute atomic E-state index is 13.0. The van der Waals surface area contributed by atoms with Crippen molar-refractivity contribution in [1.29, 1.82) is 0 Å². The molecule has 0 saturated carbocycles. The van der Waals surface area contributed by atoms with E-state index in [9.17, 15) is 13.4 Å². The molecule has 4 nitrogen and oxygen atoms in total. The van der Waals surface area contributed by atoms with E-state index in [-0.39, 0.29) is 5.56 Å². The van der Waals surface area contributed by atoms with Gasteiger partial charge in [-0.25, -0.2) is 13.4 Å². The fourth-order valence-electron chi connectivity index (χ4n) is 0.957. The molecule has 0 spiro atoms. The van der Waals surface area contributed by atoms with Crippen LogP contribution in [0.2, 0.25) is 0 Å². The van der Waals surface area contributed by atoms with Crippen molar-refractivity contribution in [2.45, 2.75) is 4.90 Å². The van der Waals surface area contributed by atoms with E-state index in [0.717, 1.165) is 13.2 Å². The van der Waals surface area contributed by atoms with E-state index in [4.69, 9.17) is 4.55 Å². The van der Waals surface area contributed by atoms with Crippen LogP contribution in [0.25, 0.3) is 0 Å². The van der Waals surface area contributed by atoms with Crippen LogP contribution in [0, 0.1) is 5.82 Å². The summed E-state index contributed by atoms with van der Waals surface area (Å²) in [7, 11) is 1.11. The second kappa shape index (κ2) is 4.30. The maximum Gasteiger partial charge on any atom is 0.339 e. The molecule has 1 N–H and O–H groups in total. The third-order valence-electron chi connectivity index (χ3n) is 1.55. The molecule has 0 aromatic heterocycles. The quantitative estimate of drug-likeness (QED) is 0.598. The fourth-order valence-corrected chi connectivity index (χ4v) is 1.53. The smallest absolute Gasteiger partial charge is 0.339 e. The summed E-state index contributed by atoms with van der Waals surface area (Å²) in [5, 5.41) is 0. The van der Waals surface area contributed by atoms with Crippen LogP contribution in [0.4, 0.5) is 4.39 Å². The van der Waals surface area contributed by atoms with Gasteiger partial charge in [0.15, 0.2) is 11.1 Å². The number of carbonyl (C=O) groups is 1. The summed E-state index contributed by atoms with van der Waals surface area (Å²) in [5.74, 6) is -1.75. The summed E-state index contributed by atoms with van der Waals surface area (Å²) in [6.07, 6.45) is 0. The minimum Gasteiger partial charge on any atom is -0.465 e. The Morgan fingerprint density at radius 3 is 2.71 bits per heavy atom. The molecular weight excluding hydrogens is 211 g/mol. The van der Waals surface area contributed by atoms with E-state index in [0.29, 0.717) is 0 Å². The van der Waals surface area contributed by atoms with Crippen molar-refractivity contribution in [1.82, 2.24) is 0 Å². The molecular formula is C8H7FO4S. The molecule has 1 aromatic rings. The van der Waals surface area contributed by atoms with Crippen molar-refractivity contribution in [2.24, 2.45) is 0 Å². The van der Waals surface area contributed by atoms with Gasteiger partial charge in [-0.15, -0.1) is 0 Å². The number of hydrogen-bond acceptors (Lipinski definition) is 3. The van der Waals surface area contributed by atoms with Gasteiger partial charge in [-0.3, -0.25) is 0 Å². The minimum absolute atomic E-state index is 0.242. The van der Waals surface area contributed by atoms with Crippen LogP contribution in [-0.4, -0.2) is 21.8 Å². The Bertz CT molecular complexity index is 391. The number of benzene rings is 1. The van der Waals surface area contributed by atoms with E-state index < -0.39 is 27.8 Å². The second-order valence-electron chi connectivity index (χ2n) is 2.36. The lowest BCUT2D eigenvalue weighted by atomic mass is 10.2. The van der Waals surface area contributed by atoms with Gasteiger partial charge in [0.25, 0.3) is 0 Å². The number of halogens is 1. The topological polar surface area (TPSA) is 63.6 Å². The lowest BCUT2D eigenvalue weighted by Gasteiger charge is -2.04. The number of hydrogen-bond donors (Lipinski definition) is 1. The largest absolute Gasteiger partial charge is 0.465 e. The van der Waals surface area contributed by atoms with Gasteiger partial charge in [-0.05, 0) is 12.1 Å². The van der Waals surface area contributed by atoms with Crippen molar-refractivity contribution in [3.63, 3.8) is 0 Å². The predicted molar refractivity (Wildman–Crippen MR) is 46.8 cm³/mol. The summed E-state index contributed by atoms with van der Waals surface area (Å²) in [5.41, 5.74) is -0.242. The molecule has 1 rings (SSSR count). The number of rotatable bonds is 2. The average Bonchev–Trinajstić information content (AvgIpc) is 2.15. The highest BCUT2D eigenvalue weighted by atomic mass is 32.2. The van der Waals surface area contributed by atoms with E-state index in [2.05, 4.69) is 4.74 Å². The molecule has 1 atom stereocenters. The first-order valence-electron chi connectivity index (χ1n) is 3.55. The van der Waals surface area contributed by atoms with E-state index in [1.807, 2.05) is 0 Å². The van der Waals surface area contributed by atoms with E-state index in [1.165, 1.54) is 12.1 Å².